The highest BCUT2D eigenvalue weighted by Crippen LogP contribution is 2.22. The van der Waals surface area contributed by atoms with E-state index in [0.717, 1.165) is 5.56 Å². The van der Waals surface area contributed by atoms with Crippen molar-refractivity contribution in [3.05, 3.63) is 56.6 Å². The molecule has 0 spiro atoms. The normalized spacial score (nSPS) is 13.8. The number of carbonyl (C=O) groups excluding carboxylic acids is 1. The lowest BCUT2D eigenvalue weighted by molar-refractivity contribution is 0.0530. The third-order valence-corrected chi connectivity index (χ3v) is 3.77. The highest BCUT2D eigenvalue weighted by atomic mass is 32.1. The average Bonchev–Trinajstić information content (AvgIpc) is 2.94. The van der Waals surface area contributed by atoms with E-state index in [4.69, 9.17) is 0 Å². The molecule has 20 heavy (non-hydrogen) atoms. The number of amides is 1. The topological polar surface area (TPSA) is 71.3 Å². The Hall–Kier alpha value is -1.92. The number of aliphatic hydroxyl groups is 1. The summed E-state index contributed by atoms with van der Waals surface area (Å²) in [6, 6.07) is 4.63. The SMILES string of the molecule is Cn1cc(C(=O)NCC(C)(O)c2ccsc2)ccc1=O. The van der Waals surface area contributed by atoms with Crippen LogP contribution in [0.5, 0.6) is 0 Å². The van der Waals surface area contributed by atoms with E-state index in [1.165, 1.54) is 34.2 Å². The van der Waals surface area contributed by atoms with Crippen molar-refractivity contribution in [1.82, 2.24) is 9.88 Å². The molecule has 1 unspecified atom stereocenters. The number of nitrogens with one attached hydrogen (secondary N) is 1. The lowest BCUT2D eigenvalue weighted by Gasteiger charge is -2.22. The molecule has 0 aromatic carbocycles. The van der Waals surface area contributed by atoms with E-state index in [1.54, 1.807) is 14.0 Å². The molecule has 0 bridgehead atoms. The van der Waals surface area contributed by atoms with Gasteiger partial charge in [-0.15, -0.1) is 0 Å². The fourth-order valence-electron chi connectivity index (χ4n) is 1.76. The fraction of sp³-hybridized carbons (Fsp3) is 0.286. The summed E-state index contributed by atoms with van der Waals surface area (Å²) < 4.78 is 1.34. The molecule has 0 saturated heterocycles. The van der Waals surface area contributed by atoms with Crippen molar-refractivity contribution >= 4 is 17.2 Å². The van der Waals surface area contributed by atoms with E-state index in [1.807, 2.05) is 16.8 Å². The Kier molecular flexibility index (Phi) is 4.06. The van der Waals surface area contributed by atoms with Gasteiger partial charge in [0.05, 0.1) is 12.1 Å². The summed E-state index contributed by atoms with van der Waals surface area (Å²) >= 11 is 1.49. The summed E-state index contributed by atoms with van der Waals surface area (Å²) in [4.78, 5) is 23.2. The maximum Gasteiger partial charge on any atom is 0.252 e. The van der Waals surface area contributed by atoms with Gasteiger partial charge in [0.2, 0.25) is 5.56 Å². The lowest BCUT2D eigenvalue weighted by Crippen LogP contribution is -2.38. The molecule has 6 heteroatoms. The Bertz CT molecular complexity index is 659. The largest absolute Gasteiger partial charge is 0.384 e. The number of hydrogen-bond acceptors (Lipinski definition) is 4. The number of thiophene rings is 1. The molecule has 0 aliphatic carbocycles. The molecule has 2 rings (SSSR count). The minimum Gasteiger partial charge on any atom is -0.384 e. The number of pyridine rings is 1. The molecule has 0 fully saturated rings. The van der Waals surface area contributed by atoms with E-state index in [0.29, 0.717) is 5.56 Å². The second kappa shape index (κ2) is 5.60. The van der Waals surface area contributed by atoms with Crippen molar-refractivity contribution in [2.45, 2.75) is 12.5 Å². The summed E-state index contributed by atoms with van der Waals surface area (Å²) in [6.45, 7) is 1.75. The number of aromatic nitrogens is 1. The lowest BCUT2D eigenvalue weighted by atomic mass is 9.99. The van der Waals surface area contributed by atoms with Gasteiger partial charge < -0.3 is 15.0 Å². The number of hydrogen-bond donors (Lipinski definition) is 2. The number of carbonyl (C=O) groups is 1. The molecule has 2 heterocycles. The second-order valence-corrected chi connectivity index (χ2v) is 5.62. The van der Waals surface area contributed by atoms with Crippen molar-refractivity contribution in [1.29, 1.82) is 0 Å². The summed E-state index contributed by atoms with van der Waals surface area (Å²) in [5, 5.41) is 16.7. The van der Waals surface area contributed by atoms with Crippen LogP contribution >= 0.6 is 11.3 Å². The van der Waals surface area contributed by atoms with Crippen molar-refractivity contribution in [2.75, 3.05) is 6.54 Å². The maximum absolute atomic E-state index is 12.0. The standard InChI is InChI=1S/C14H16N2O3S/c1-14(19,11-5-6-20-8-11)9-15-13(18)10-3-4-12(17)16(2)7-10/h3-8,19H,9H2,1-2H3,(H,15,18). The molecule has 0 radical (unpaired) electrons. The van der Waals surface area contributed by atoms with E-state index in [9.17, 15) is 14.7 Å². The maximum atomic E-state index is 12.0. The van der Waals surface area contributed by atoms with Crippen LogP contribution in [0.15, 0.2) is 40.0 Å². The van der Waals surface area contributed by atoms with Crippen molar-refractivity contribution in [3.8, 4) is 0 Å². The van der Waals surface area contributed by atoms with E-state index < -0.39 is 5.60 Å². The van der Waals surface area contributed by atoms with Crippen LogP contribution < -0.4 is 10.9 Å². The van der Waals surface area contributed by atoms with E-state index in [-0.39, 0.29) is 18.0 Å². The van der Waals surface area contributed by atoms with Crippen LogP contribution in [0.4, 0.5) is 0 Å². The van der Waals surface area contributed by atoms with E-state index >= 15 is 0 Å². The van der Waals surface area contributed by atoms with Gasteiger partial charge in [0, 0.05) is 19.3 Å². The Labute approximate surface area is 120 Å². The Morgan fingerprint density at radius 3 is 2.80 bits per heavy atom. The Morgan fingerprint density at radius 2 is 2.20 bits per heavy atom. The monoisotopic (exact) mass is 292 g/mol. The van der Waals surface area contributed by atoms with Crippen molar-refractivity contribution in [2.24, 2.45) is 7.05 Å². The van der Waals surface area contributed by atoms with Gasteiger partial charge in [-0.25, -0.2) is 0 Å². The first kappa shape index (κ1) is 14.5. The molecule has 2 N–H and O–H groups in total. The first-order valence-electron chi connectivity index (χ1n) is 6.10. The molecule has 0 aliphatic rings. The van der Waals surface area contributed by atoms with Gasteiger partial charge in [0.25, 0.3) is 5.91 Å². The van der Waals surface area contributed by atoms with Crippen LogP contribution in [0.2, 0.25) is 0 Å². The summed E-state index contributed by atoms with van der Waals surface area (Å²) in [5.74, 6) is -0.323. The van der Waals surface area contributed by atoms with Gasteiger partial charge in [-0.3, -0.25) is 9.59 Å². The minimum atomic E-state index is -1.11. The van der Waals surface area contributed by atoms with Gasteiger partial charge in [-0.05, 0) is 35.4 Å². The zero-order valence-electron chi connectivity index (χ0n) is 11.3. The van der Waals surface area contributed by atoms with Crippen LogP contribution in [0.1, 0.15) is 22.8 Å². The van der Waals surface area contributed by atoms with Gasteiger partial charge >= 0.3 is 0 Å². The van der Waals surface area contributed by atoms with Gasteiger partial charge in [-0.2, -0.15) is 11.3 Å². The molecule has 1 atom stereocenters. The zero-order valence-corrected chi connectivity index (χ0v) is 12.1. The number of nitrogens with zero attached hydrogens (tertiary/aromatic N) is 1. The Balaban J connectivity index is 2.05. The molecule has 2 aromatic rings. The number of rotatable bonds is 4. The van der Waals surface area contributed by atoms with Gasteiger partial charge in [0.15, 0.2) is 0 Å². The smallest absolute Gasteiger partial charge is 0.252 e. The average molecular weight is 292 g/mol. The summed E-state index contributed by atoms with van der Waals surface area (Å²) in [6.07, 6.45) is 1.47. The molecule has 1 amide bonds. The zero-order chi connectivity index (χ0) is 14.8. The quantitative estimate of drug-likeness (QED) is 0.886. The second-order valence-electron chi connectivity index (χ2n) is 4.84. The highest BCUT2D eigenvalue weighted by Gasteiger charge is 2.24. The molecule has 0 aliphatic heterocycles. The summed E-state index contributed by atoms with van der Waals surface area (Å²) in [5.41, 5.74) is -0.139. The molecule has 106 valence electrons. The van der Waals surface area contributed by atoms with Gasteiger partial charge in [-0.1, -0.05) is 0 Å². The van der Waals surface area contributed by atoms with Gasteiger partial charge in [0.1, 0.15) is 5.60 Å². The molecule has 5 nitrogen and oxygen atoms in total. The first-order valence-corrected chi connectivity index (χ1v) is 7.04. The van der Waals surface area contributed by atoms with Crippen LogP contribution in [-0.2, 0) is 12.6 Å². The van der Waals surface area contributed by atoms with Crippen LogP contribution in [0, 0.1) is 0 Å². The molecular formula is C14H16N2O3S. The third kappa shape index (κ3) is 3.15. The molecular weight excluding hydrogens is 276 g/mol. The first-order chi connectivity index (χ1) is 9.40. The minimum absolute atomic E-state index is 0.103. The number of aryl methyl sites for hydroxylation is 1. The van der Waals surface area contributed by atoms with Crippen LogP contribution in [0.25, 0.3) is 0 Å². The van der Waals surface area contributed by atoms with Crippen molar-refractivity contribution < 1.29 is 9.90 Å². The summed E-state index contributed by atoms with van der Waals surface area (Å²) in [7, 11) is 1.58. The van der Waals surface area contributed by atoms with Crippen molar-refractivity contribution in [3.63, 3.8) is 0 Å². The van der Waals surface area contributed by atoms with Crippen LogP contribution in [0.3, 0.4) is 0 Å². The third-order valence-electron chi connectivity index (χ3n) is 3.08. The Morgan fingerprint density at radius 1 is 1.45 bits per heavy atom. The highest BCUT2D eigenvalue weighted by molar-refractivity contribution is 7.08. The molecule has 0 saturated carbocycles. The van der Waals surface area contributed by atoms with Crippen LogP contribution in [-0.4, -0.2) is 22.1 Å². The molecule has 2 aromatic heterocycles. The fourth-order valence-corrected chi connectivity index (χ4v) is 2.54. The van der Waals surface area contributed by atoms with E-state index in [2.05, 4.69) is 5.32 Å². The predicted molar refractivity (Wildman–Crippen MR) is 77.9 cm³/mol. The predicted octanol–water partition coefficient (Wildman–Crippen LogP) is 1.08.